The van der Waals surface area contributed by atoms with Crippen molar-refractivity contribution in [2.24, 2.45) is 0 Å². The van der Waals surface area contributed by atoms with Crippen molar-refractivity contribution < 1.29 is 14.6 Å². The van der Waals surface area contributed by atoms with Crippen LogP contribution < -0.4 is 9.47 Å². The van der Waals surface area contributed by atoms with Gasteiger partial charge in [-0.3, -0.25) is 0 Å². The number of thioether (sulfide) groups is 1. The minimum atomic E-state index is -0.0967. The monoisotopic (exact) mass is 446 g/mol. The molecule has 2 aromatic carbocycles. The van der Waals surface area contributed by atoms with Crippen LogP contribution in [0.5, 0.6) is 11.5 Å². The van der Waals surface area contributed by atoms with Gasteiger partial charge in [0.05, 0.1) is 36.0 Å². The minimum Gasteiger partial charge on any atom is -0.493 e. The SMILES string of the molecule is COc1cc(-c2ccnc3cc(-c4cn(CO)c5ccccc45)nn23)cc(SC)c1OC. The molecule has 0 saturated heterocycles. The molecule has 1 N–H and O–H groups in total. The van der Waals surface area contributed by atoms with Crippen molar-refractivity contribution in [1.82, 2.24) is 19.2 Å². The van der Waals surface area contributed by atoms with Gasteiger partial charge in [-0.15, -0.1) is 11.8 Å². The Morgan fingerprint density at radius 2 is 1.91 bits per heavy atom. The zero-order chi connectivity index (χ0) is 22.2. The molecule has 32 heavy (non-hydrogen) atoms. The van der Waals surface area contributed by atoms with Gasteiger partial charge in [-0.1, -0.05) is 18.2 Å². The minimum absolute atomic E-state index is 0.0967. The van der Waals surface area contributed by atoms with E-state index in [9.17, 15) is 5.11 Å². The molecule has 0 amide bonds. The molecule has 0 spiro atoms. The molecular weight excluding hydrogens is 424 g/mol. The molecule has 5 aromatic rings. The van der Waals surface area contributed by atoms with Crippen LogP contribution in [0.1, 0.15) is 0 Å². The van der Waals surface area contributed by atoms with Crippen LogP contribution in [0, 0.1) is 0 Å². The Kier molecular flexibility index (Phi) is 5.24. The van der Waals surface area contributed by atoms with E-state index < -0.39 is 0 Å². The second-order valence-corrected chi connectivity index (χ2v) is 8.06. The fourth-order valence-corrected chi connectivity index (χ4v) is 4.66. The Hall–Kier alpha value is -3.49. The lowest BCUT2D eigenvalue weighted by molar-refractivity contribution is 0.215. The average Bonchev–Trinajstić information content (AvgIpc) is 3.44. The standard InChI is InChI=1S/C24H22N4O3S/c1-30-21-10-15(11-22(32-3)24(21)31-2)19-8-9-25-23-12-18(26-28(19)23)17-13-27(14-29)20-7-5-4-6-16(17)20/h4-13,29H,14H2,1-3H3. The summed E-state index contributed by atoms with van der Waals surface area (Å²) >= 11 is 1.60. The largest absolute Gasteiger partial charge is 0.493 e. The van der Waals surface area contributed by atoms with E-state index in [1.807, 2.05) is 64.0 Å². The maximum absolute atomic E-state index is 9.77. The van der Waals surface area contributed by atoms with E-state index in [-0.39, 0.29) is 6.73 Å². The van der Waals surface area contributed by atoms with Gasteiger partial charge in [-0.05, 0) is 30.5 Å². The Morgan fingerprint density at radius 3 is 2.66 bits per heavy atom. The van der Waals surface area contributed by atoms with E-state index in [0.717, 1.165) is 44.0 Å². The number of rotatable bonds is 6. The number of fused-ring (bicyclic) bond motifs is 2. The van der Waals surface area contributed by atoms with Crippen molar-refractivity contribution in [2.75, 3.05) is 20.5 Å². The van der Waals surface area contributed by atoms with Crippen LogP contribution in [0.15, 0.2) is 65.8 Å². The zero-order valence-corrected chi connectivity index (χ0v) is 18.8. The Balaban J connectivity index is 1.71. The lowest BCUT2D eigenvalue weighted by Crippen LogP contribution is -1.98. The van der Waals surface area contributed by atoms with Gasteiger partial charge in [0.25, 0.3) is 0 Å². The van der Waals surface area contributed by atoms with Gasteiger partial charge in [-0.2, -0.15) is 5.10 Å². The molecule has 3 aromatic heterocycles. The van der Waals surface area contributed by atoms with E-state index in [1.165, 1.54) is 0 Å². The Bertz CT molecular complexity index is 1420. The van der Waals surface area contributed by atoms with Gasteiger partial charge < -0.3 is 19.1 Å². The molecule has 0 aliphatic carbocycles. The molecule has 0 bridgehead atoms. The third-order valence-corrected chi connectivity index (χ3v) is 6.28. The topological polar surface area (TPSA) is 73.8 Å². The summed E-state index contributed by atoms with van der Waals surface area (Å²) in [5, 5.41) is 15.7. The van der Waals surface area contributed by atoms with Crippen molar-refractivity contribution in [3.63, 3.8) is 0 Å². The third kappa shape index (κ3) is 3.19. The van der Waals surface area contributed by atoms with E-state index >= 15 is 0 Å². The number of aliphatic hydroxyl groups is 1. The van der Waals surface area contributed by atoms with Crippen molar-refractivity contribution in [2.45, 2.75) is 11.6 Å². The quantitative estimate of drug-likeness (QED) is 0.381. The first-order chi connectivity index (χ1) is 15.7. The molecule has 0 aliphatic rings. The molecule has 8 heteroatoms. The van der Waals surface area contributed by atoms with Crippen molar-refractivity contribution >= 4 is 28.3 Å². The maximum Gasteiger partial charge on any atom is 0.174 e. The lowest BCUT2D eigenvalue weighted by Gasteiger charge is -2.14. The number of aliphatic hydroxyl groups excluding tert-OH is 1. The van der Waals surface area contributed by atoms with E-state index in [4.69, 9.17) is 14.6 Å². The number of hydrogen-bond donors (Lipinski definition) is 1. The van der Waals surface area contributed by atoms with E-state index in [2.05, 4.69) is 11.1 Å². The third-order valence-electron chi connectivity index (χ3n) is 5.54. The van der Waals surface area contributed by atoms with E-state index in [0.29, 0.717) is 11.5 Å². The summed E-state index contributed by atoms with van der Waals surface area (Å²) in [7, 11) is 3.28. The summed E-state index contributed by atoms with van der Waals surface area (Å²) in [5.74, 6) is 1.38. The van der Waals surface area contributed by atoms with Crippen molar-refractivity contribution in [1.29, 1.82) is 0 Å². The first-order valence-electron chi connectivity index (χ1n) is 10.0. The molecule has 0 unspecified atom stereocenters. The first-order valence-corrected chi connectivity index (χ1v) is 11.2. The molecule has 3 heterocycles. The smallest absolute Gasteiger partial charge is 0.174 e. The second-order valence-electron chi connectivity index (χ2n) is 7.21. The van der Waals surface area contributed by atoms with Crippen LogP contribution >= 0.6 is 11.8 Å². The molecule has 0 fully saturated rings. The summed E-state index contributed by atoms with van der Waals surface area (Å²) in [6, 6.07) is 15.9. The highest BCUT2D eigenvalue weighted by Gasteiger charge is 2.17. The van der Waals surface area contributed by atoms with Gasteiger partial charge >= 0.3 is 0 Å². The van der Waals surface area contributed by atoms with Crippen LogP contribution in [0.2, 0.25) is 0 Å². The number of benzene rings is 2. The van der Waals surface area contributed by atoms with Crippen LogP contribution in [0.4, 0.5) is 0 Å². The summed E-state index contributed by atoms with van der Waals surface area (Å²) in [4.78, 5) is 5.50. The van der Waals surface area contributed by atoms with Crippen LogP contribution in [0.3, 0.4) is 0 Å². The molecule has 162 valence electrons. The number of nitrogens with zero attached hydrogens (tertiary/aromatic N) is 4. The molecule has 7 nitrogen and oxygen atoms in total. The second kappa shape index (κ2) is 8.22. The summed E-state index contributed by atoms with van der Waals surface area (Å²) in [6.45, 7) is -0.0967. The highest BCUT2D eigenvalue weighted by molar-refractivity contribution is 7.98. The number of ether oxygens (including phenoxy) is 2. The molecular formula is C24H22N4O3S. The highest BCUT2D eigenvalue weighted by Crippen LogP contribution is 2.41. The summed E-state index contributed by atoms with van der Waals surface area (Å²) < 4.78 is 14.8. The van der Waals surface area contributed by atoms with Crippen LogP contribution in [0.25, 0.3) is 39.1 Å². The van der Waals surface area contributed by atoms with E-state index in [1.54, 1.807) is 32.2 Å². The fourth-order valence-electron chi connectivity index (χ4n) is 4.04. The number of methoxy groups -OCH3 is 2. The molecule has 0 saturated carbocycles. The van der Waals surface area contributed by atoms with Crippen molar-refractivity contribution in [3.05, 3.63) is 60.9 Å². The Labute approximate surface area is 189 Å². The average molecular weight is 447 g/mol. The number of hydrogen-bond acceptors (Lipinski definition) is 6. The molecule has 0 radical (unpaired) electrons. The van der Waals surface area contributed by atoms with Crippen LogP contribution in [-0.2, 0) is 6.73 Å². The van der Waals surface area contributed by atoms with Crippen molar-refractivity contribution in [3.8, 4) is 34.0 Å². The summed E-state index contributed by atoms with van der Waals surface area (Å²) in [6.07, 6.45) is 5.71. The first kappa shape index (κ1) is 20.4. The summed E-state index contributed by atoms with van der Waals surface area (Å²) in [5.41, 5.74) is 5.27. The molecule has 0 aliphatic heterocycles. The van der Waals surface area contributed by atoms with Gasteiger partial charge in [0.2, 0.25) is 0 Å². The predicted molar refractivity (Wildman–Crippen MR) is 126 cm³/mol. The zero-order valence-electron chi connectivity index (χ0n) is 17.9. The van der Waals surface area contributed by atoms with Gasteiger partial charge in [-0.25, -0.2) is 9.50 Å². The molecule has 5 rings (SSSR count). The predicted octanol–water partition coefficient (Wildman–Crippen LogP) is 4.71. The normalized spacial score (nSPS) is 11.4. The highest BCUT2D eigenvalue weighted by atomic mass is 32.2. The lowest BCUT2D eigenvalue weighted by atomic mass is 10.1. The van der Waals surface area contributed by atoms with Crippen LogP contribution in [-0.4, -0.2) is 44.7 Å². The molecule has 0 atom stereocenters. The van der Waals surface area contributed by atoms with Gasteiger partial charge in [0.15, 0.2) is 17.1 Å². The number of aromatic nitrogens is 4. The van der Waals surface area contributed by atoms with Gasteiger partial charge in [0.1, 0.15) is 6.73 Å². The van der Waals surface area contributed by atoms with Gasteiger partial charge in [0, 0.05) is 35.0 Å². The maximum atomic E-state index is 9.77. The fraction of sp³-hybridized carbons (Fsp3) is 0.167. The Morgan fingerprint density at radius 1 is 1.06 bits per heavy atom. The number of para-hydroxylation sites is 1.